The van der Waals surface area contributed by atoms with Crippen LogP contribution in [0.2, 0.25) is 0 Å². The van der Waals surface area contributed by atoms with Crippen molar-refractivity contribution in [1.29, 1.82) is 0 Å². The van der Waals surface area contributed by atoms with Gasteiger partial charge in [-0.1, -0.05) is 0 Å². The lowest BCUT2D eigenvalue weighted by Gasteiger charge is -1.91. The number of hydrogen-bond donors (Lipinski definition) is 1. The molecule has 0 aliphatic rings. The van der Waals surface area contributed by atoms with Gasteiger partial charge >= 0.3 is 0 Å². The smallest absolute Gasteiger partial charge is 0.0493 e. The molecule has 0 bridgehead atoms. The SMILES string of the molecule is NCc1cc(-c2sccc2Br)cs1. The highest BCUT2D eigenvalue weighted by Crippen LogP contribution is 2.35. The summed E-state index contributed by atoms with van der Waals surface area (Å²) in [6.45, 7) is 0.633. The van der Waals surface area contributed by atoms with E-state index >= 15 is 0 Å². The molecule has 0 saturated carbocycles. The summed E-state index contributed by atoms with van der Waals surface area (Å²) in [5.41, 5.74) is 6.83. The van der Waals surface area contributed by atoms with E-state index in [1.54, 1.807) is 22.7 Å². The van der Waals surface area contributed by atoms with Crippen LogP contribution < -0.4 is 5.73 Å². The van der Waals surface area contributed by atoms with Gasteiger partial charge in [0.05, 0.1) is 0 Å². The Kier molecular flexibility index (Phi) is 2.83. The van der Waals surface area contributed by atoms with Gasteiger partial charge in [-0.05, 0) is 38.8 Å². The van der Waals surface area contributed by atoms with E-state index in [1.165, 1.54) is 19.8 Å². The average molecular weight is 274 g/mol. The zero-order chi connectivity index (χ0) is 9.26. The molecule has 0 fully saturated rings. The summed E-state index contributed by atoms with van der Waals surface area (Å²) >= 11 is 6.98. The first-order valence-corrected chi connectivity index (χ1v) is 6.37. The van der Waals surface area contributed by atoms with Crippen molar-refractivity contribution in [2.24, 2.45) is 5.73 Å². The van der Waals surface area contributed by atoms with E-state index in [9.17, 15) is 0 Å². The highest BCUT2D eigenvalue weighted by Gasteiger charge is 2.06. The van der Waals surface area contributed by atoms with Crippen LogP contribution >= 0.6 is 38.6 Å². The predicted octanol–water partition coefficient (Wildman–Crippen LogP) is 3.70. The maximum Gasteiger partial charge on any atom is 0.0493 e. The Bertz CT molecular complexity index is 405. The predicted molar refractivity (Wildman–Crippen MR) is 63.2 cm³/mol. The number of rotatable bonds is 2. The fraction of sp³-hybridized carbons (Fsp3) is 0.111. The first kappa shape index (κ1) is 9.40. The van der Waals surface area contributed by atoms with Crippen LogP contribution in [-0.2, 0) is 6.54 Å². The topological polar surface area (TPSA) is 26.0 Å². The van der Waals surface area contributed by atoms with Gasteiger partial charge in [0, 0.05) is 26.3 Å². The zero-order valence-corrected chi connectivity index (χ0v) is 10.0. The summed E-state index contributed by atoms with van der Waals surface area (Å²) in [5.74, 6) is 0. The lowest BCUT2D eigenvalue weighted by atomic mass is 10.2. The molecule has 13 heavy (non-hydrogen) atoms. The van der Waals surface area contributed by atoms with Gasteiger partial charge in [0.25, 0.3) is 0 Å². The molecule has 68 valence electrons. The third-order valence-corrected chi connectivity index (χ3v) is 4.58. The summed E-state index contributed by atoms with van der Waals surface area (Å²) in [6, 6.07) is 4.22. The van der Waals surface area contributed by atoms with Crippen LogP contribution in [0.5, 0.6) is 0 Å². The molecule has 2 aromatic rings. The maximum atomic E-state index is 5.56. The van der Waals surface area contributed by atoms with Gasteiger partial charge in [0.1, 0.15) is 0 Å². The molecule has 0 aliphatic carbocycles. The van der Waals surface area contributed by atoms with Crippen LogP contribution in [0.25, 0.3) is 10.4 Å². The Balaban J connectivity index is 2.41. The Morgan fingerprint density at radius 2 is 2.23 bits per heavy atom. The van der Waals surface area contributed by atoms with Crippen molar-refractivity contribution < 1.29 is 0 Å². The lowest BCUT2D eigenvalue weighted by Crippen LogP contribution is -1.91. The van der Waals surface area contributed by atoms with E-state index in [1.807, 2.05) is 0 Å². The molecule has 0 atom stereocenters. The molecule has 0 aliphatic heterocycles. The molecule has 2 rings (SSSR count). The molecule has 2 heterocycles. The molecule has 0 saturated heterocycles. The summed E-state index contributed by atoms with van der Waals surface area (Å²) in [5, 5.41) is 4.23. The summed E-state index contributed by atoms with van der Waals surface area (Å²) < 4.78 is 1.17. The second-order valence-corrected chi connectivity index (χ2v) is 5.37. The van der Waals surface area contributed by atoms with Crippen LogP contribution in [0.4, 0.5) is 0 Å². The third kappa shape index (κ3) is 1.86. The van der Waals surface area contributed by atoms with Crippen LogP contribution in [0.1, 0.15) is 4.88 Å². The van der Waals surface area contributed by atoms with Gasteiger partial charge in [-0.25, -0.2) is 0 Å². The van der Waals surface area contributed by atoms with Crippen molar-refractivity contribution in [3.63, 3.8) is 0 Å². The first-order valence-electron chi connectivity index (χ1n) is 3.82. The minimum Gasteiger partial charge on any atom is -0.326 e. The summed E-state index contributed by atoms with van der Waals surface area (Å²) in [7, 11) is 0. The quantitative estimate of drug-likeness (QED) is 0.887. The molecule has 0 aromatic carbocycles. The maximum absolute atomic E-state index is 5.56. The first-order chi connectivity index (χ1) is 6.31. The molecule has 1 nitrogen and oxygen atoms in total. The van der Waals surface area contributed by atoms with Crippen LogP contribution in [0.3, 0.4) is 0 Å². The van der Waals surface area contributed by atoms with E-state index in [0.29, 0.717) is 6.54 Å². The fourth-order valence-corrected chi connectivity index (χ4v) is 3.53. The van der Waals surface area contributed by atoms with E-state index in [-0.39, 0.29) is 0 Å². The van der Waals surface area contributed by atoms with Crippen LogP contribution in [0, 0.1) is 0 Å². The van der Waals surface area contributed by atoms with Crippen molar-refractivity contribution in [3.05, 3.63) is 32.2 Å². The van der Waals surface area contributed by atoms with Crippen molar-refractivity contribution in [1.82, 2.24) is 0 Å². The number of nitrogens with two attached hydrogens (primary N) is 1. The van der Waals surface area contributed by atoms with Gasteiger partial charge in [0.2, 0.25) is 0 Å². The molecule has 0 amide bonds. The Hall–Kier alpha value is -0.160. The van der Waals surface area contributed by atoms with E-state index in [0.717, 1.165) is 0 Å². The molecular weight excluding hydrogens is 266 g/mol. The minimum absolute atomic E-state index is 0.633. The molecule has 2 N–H and O–H groups in total. The lowest BCUT2D eigenvalue weighted by molar-refractivity contribution is 1.11. The van der Waals surface area contributed by atoms with Crippen molar-refractivity contribution in [2.45, 2.75) is 6.54 Å². The highest BCUT2D eigenvalue weighted by molar-refractivity contribution is 9.10. The van der Waals surface area contributed by atoms with Crippen molar-refractivity contribution in [2.75, 3.05) is 0 Å². The second kappa shape index (κ2) is 3.92. The Labute approximate surface area is 93.3 Å². The highest BCUT2D eigenvalue weighted by atomic mass is 79.9. The van der Waals surface area contributed by atoms with Gasteiger partial charge in [-0.2, -0.15) is 0 Å². The Morgan fingerprint density at radius 1 is 1.38 bits per heavy atom. The average Bonchev–Trinajstić information content (AvgIpc) is 2.71. The summed E-state index contributed by atoms with van der Waals surface area (Å²) in [4.78, 5) is 2.52. The summed E-state index contributed by atoms with van der Waals surface area (Å²) in [6.07, 6.45) is 0. The molecule has 4 heteroatoms. The van der Waals surface area contributed by atoms with Gasteiger partial charge < -0.3 is 5.73 Å². The molecule has 0 spiro atoms. The van der Waals surface area contributed by atoms with Crippen molar-refractivity contribution in [3.8, 4) is 10.4 Å². The molecular formula is C9H8BrNS2. The van der Waals surface area contributed by atoms with E-state index in [4.69, 9.17) is 5.73 Å². The second-order valence-electron chi connectivity index (χ2n) is 2.60. The fourth-order valence-electron chi connectivity index (χ4n) is 1.11. The van der Waals surface area contributed by atoms with Crippen molar-refractivity contribution >= 4 is 38.6 Å². The minimum atomic E-state index is 0.633. The molecule has 0 radical (unpaired) electrons. The third-order valence-electron chi connectivity index (χ3n) is 1.73. The standard InChI is InChI=1S/C9H8BrNS2/c10-8-1-2-12-9(8)6-3-7(4-11)13-5-6/h1-3,5H,4,11H2. The zero-order valence-electron chi connectivity index (χ0n) is 6.79. The number of halogens is 1. The number of thiophene rings is 2. The van der Waals surface area contributed by atoms with Gasteiger partial charge in [-0.15, -0.1) is 22.7 Å². The van der Waals surface area contributed by atoms with E-state index < -0.39 is 0 Å². The molecule has 2 aromatic heterocycles. The Morgan fingerprint density at radius 3 is 2.77 bits per heavy atom. The van der Waals surface area contributed by atoms with Gasteiger partial charge in [-0.3, -0.25) is 0 Å². The number of hydrogen-bond acceptors (Lipinski definition) is 3. The normalized spacial score (nSPS) is 10.6. The van der Waals surface area contributed by atoms with Crippen LogP contribution in [0.15, 0.2) is 27.4 Å². The van der Waals surface area contributed by atoms with E-state index in [2.05, 4.69) is 38.8 Å². The largest absolute Gasteiger partial charge is 0.326 e. The monoisotopic (exact) mass is 273 g/mol. The molecule has 0 unspecified atom stereocenters. The van der Waals surface area contributed by atoms with Crippen LogP contribution in [-0.4, -0.2) is 0 Å². The van der Waals surface area contributed by atoms with Gasteiger partial charge in [0.15, 0.2) is 0 Å².